The van der Waals surface area contributed by atoms with Crippen molar-refractivity contribution in [2.75, 3.05) is 0 Å². The van der Waals surface area contributed by atoms with E-state index >= 15 is 0 Å². The van der Waals surface area contributed by atoms with Crippen molar-refractivity contribution in [3.63, 3.8) is 0 Å². The lowest BCUT2D eigenvalue weighted by Gasteiger charge is -2.05. The number of hydrogen-bond donors (Lipinski definition) is 2. The number of aliphatic carboxylic acids is 1. The van der Waals surface area contributed by atoms with Crippen LogP contribution in [0.4, 0.5) is 5.69 Å². The highest BCUT2D eigenvalue weighted by Gasteiger charge is 2.20. The highest BCUT2D eigenvalue weighted by molar-refractivity contribution is 7.90. The Kier molecular flexibility index (Phi) is 4.17. The maximum Gasteiger partial charge on any atom is 0.312 e. The molecule has 0 unspecified atom stereocenters. The summed E-state index contributed by atoms with van der Waals surface area (Å²) >= 11 is 0. The number of carboxylic acid groups (broad SMARTS) is 1. The number of hydrogen-bond acceptors (Lipinski definition) is 6. The van der Waals surface area contributed by atoms with Crippen molar-refractivity contribution in [2.45, 2.75) is 11.3 Å². The lowest BCUT2D eigenvalue weighted by Crippen LogP contribution is -2.31. The molecule has 0 aliphatic heterocycles. The Bertz CT molecular complexity index is 620. The highest BCUT2D eigenvalue weighted by Crippen LogP contribution is 2.15. The number of carbonyl (C=O) groups is 2. The van der Waals surface area contributed by atoms with Gasteiger partial charge < -0.3 is 5.11 Å². The second kappa shape index (κ2) is 5.44. The van der Waals surface area contributed by atoms with Gasteiger partial charge in [-0.3, -0.25) is 19.7 Å². The van der Waals surface area contributed by atoms with Crippen molar-refractivity contribution in [3.8, 4) is 0 Å². The van der Waals surface area contributed by atoms with Gasteiger partial charge in [-0.1, -0.05) is 0 Å². The number of carbonyl (C=O) groups excluding carboxylic acids is 1. The minimum atomic E-state index is -4.23. The fourth-order valence-electron chi connectivity index (χ4n) is 1.13. The zero-order chi connectivity index (χ0) is 14.6. The predicted octanol–water partition coefficient (Wildman–Crippen LogP) is -0.126. The Morgan fingerprint density at radius 1 is 1.26 bits per heavy atom. The van der Waals surface area contributed by atoms with Gasteiger partial charge in [0.1, 0.15) is 6.42 Å². The van der Waals surface area contributed by atoms with Crippen molar-refractivity contribution in [3.05, 3.63) is 34.4 Å². The minimum Gasteiger partial charge on any atom is -0.481 e. The topological polar surface area (TPSA) is 144 Å². The maximum atomic E-state index is 11.6. The average Bonchev–Trinajstić information content (AvgIpc) is 2.27. The Labute approximate surface area is 107 Å². The van der Waals surface area contributed by atoms with Gasteiger partial charge in [-0.15, -0.1) is 0 Å². The summed E-state index contributed by atoms with van der Waals surface area (Å²) in [6.07, 6.45) is -0.994. The number of nitro benzene ring substituents is 1. The van der Waals surface area contributed by atoms with Crippen LogP contribution in [0.3, 0.4) is 0 Å². The van der Waals surface area contributed by atoms with Crippen molar-refractivity contribution in [2.24, 2.45) is 0 Å². The van der Waals surface area contributed by atoms with Crippen molar-refractivity contribution in [1.82, 2.24) is 4.72 Å². The molecular weight excluding hydrogens is 280 g/mol. The number of nitrogens with one attached hydrogen (secondary N) is 1. The summed E-state index contributed by atoms with van der Waals surface area (Å²) in [5.41, 5.74) is -0.309. The van der Waals surface area contributed by atoms with E-state index in [-0.39, 0.29) is 10.6 Å². The van der Waals surface area contributed by atoms with Gasteiger partial charge in [-0.25, -0.2) is 13.1 Å². The van der Waals surface area contributed by atoms with Crippen molar-refractivity contribution in [1.29, 1.82) is 0 Å². The van der Waals surface area contributed by atoms with Gasteiger partial charge in [-0.2, -0.15) is 0 Å². The van der Waals surface area contributed by atoms with Crippen molar-refractivity contribution >= 4 is 27.6 Å². The lowest BCUT2D eigenvalue weighted by atomic mass is 10.3. The van der Waals surface area contributed by atoms with Crippen LogP contribution in [0.1, 0.15) is 6.42 Å². The number of nitrogens with zero attached hydrogens (tertiary/aromatic N) is 1. The van der Waals surface area contributed by atoms with E-state index in [0.29, 0.717) is 0 Å². The smallest absolute Gasteiger partial charge is 0.312 e. The largest absolute Gasteiger partial charge is 0.481 e. The molecule has 0 saturated carbocycles. The Morgan fingerprint density at radius 2 is 1.79 bits per heavy atom. The number of benzene rings is 1. The van der Waals surface area contributed by atoms with Gasteiger partial charge in [0.25, 0.3) is 15.7 Å². The van der Waals surface area contributed by atoms with E-state index in [9.17, 15) is 28.1 Å². The van der Waals surface area contributed by atoms with E-state index in [1.54, 1.807) is 0 Å². The monoisotopic (exact) mass is 288 g/mol. The molecular formula is C9H8N2O7S. The second-order valence-electron chi connectivity index (χ2n) is 3.35. The van der Waals surface area contributed by atoms with E-state index < -0.39 is 33.2 Å². The summed E-state index contributed by atoms with van der Waals surface area (Å²) in [5, 5.41) is 18.7. The summed E-state index contributed by atoms with van der Waals surface area (Å²) in [4.78, 5) is 30.6. The number of carboxylic acids is 1. The van der Waals surface area contributed by atoms with Crippen LogP contribution in [-0.4, -0.2) is 30.3 Å². The molecule has 102 valence electrons. The summed E-state index contributed by atoms with van der Waals surface area (Å²) in [5.74, 6) is -2.68. The average molecular weight is 288 g/mol. The normalized spacial score (nSPS) is 10.7. The van der Waals surface area contributed by atoms with Gasteiger partial charge in [-0.05, 0) is 12.1 Å². The summed E-state index contributed by atoms with van der Waals surface area (Å²) in [7, 11) is -4.23. The molecule has 9 nitrogen and oxygen atoms in total. The number of nitro groups is 1. The van der Waals surface area contributed by atoms with Gasteiger partial charge >= 0.3 is 5.97 Å². The molecule has 1 aromatic carbocycles. The van der Waals surface area contributed by atoms with Crippen LogP contribution in [0.5, 0.6) is 0 Å². The fourth-order valence-corrected chi connectivity index (χ4v) is 2.11. The van der Waals surface area contributed by atoms with Gasteiger partial charge in [0.15, 0.2) is 0 Å². The molecule has 1 amide bonds. The van der Waals surface area contributed by atoms with Crippen LogP contribution in [-0.2, 0) is 19.6 Å². The second-order valence-corrected chi connectivity index (χ2v) is 5.03. The number of non-ortho nitro benzene ring substituents is 1. The molecule has 0 aromatic heterocycles. The van der Waals surface area contributed by atoms with E-state index in [1.165, 1.54) is 4.72 Å². The van der Waals surface area contributed by atoms with Gasteiger partial charge in [0, 0.05) is 12.1 Å². The number of sulfonamides is 1. The molecule has 0 aliphatic rings. The van der Waals surface area contributed by atoms with E-state index in [4.69, 9.17) is 5.11 Å². The molecule has 0 atom stereocenters. The molecule has 0 fully saturated rings. The summed E-state index contributed by atoms with van der Waals surface area (Å²) in [6.45, 7) is 0. The molecule has 0 aliphatic carbocycles. The molecule has 19 heavy (non-hydrogen) atoms. The first-order chi connectivity index (χ1) is 8.72. The Balaban J connectivity index is 2.91. The maximum absolute atomic E-state index is 11.6. The first kappa shape index (κ1) is 14.6. The summed E-state index contributed by atoms with van der Waals surface area (Å²) in [6, 6.07) is 3.79. The van der Waals surface area contributed by atoms with Crippen LogP contribution < -0.4 is 4.72 Å². The van der Waals surface area contributed by atoms with Gasteiger partial charge in [0.2, 0.25) is 5.91 Å². The van der Waals surface area contributed by atoms with E-state index in [2.05, 4.69) is 0 Å². The third kappa shape index (κ3) is 4.03. The van der Waals surface area contributed by atoms with Crippen LogP contribution in [0.2, 0.25) is 0 Å². The molecule has 2 N–H and O–H groups in total. The summed E-state index contributed by atoms with van der Waals surface area (Å²) < 4.78 is 24.8. The molecule has 1 aromatic rings. The highest BCUT2D eigenvalue weighted by atomic mass is 32.2. The Morgan fingerprint density at radius 3 is 2.21 bits per heavy atom. The molecule has 0 spiro atoms. The lowest BCUT2D eigenvalue weighted by molar-refractivity contribution is -0.384. The molecule has 0 saturated heterocycles. The third-order valence-electron chi connectivity index (χ3n) is 1.92. The molecule has 0 bridgehead atoms. The first-order valence-electron chi connectivity index (χ1n) is 4.74. The molecule has 0 radical (unpaired) electrons. The Hall–Kier alpha value is -2.49. The first-order valence-corrected chi connectivity index (χ1v) is 6.22. The predicted molar refractivity (Wildman–Crippen MR) is 60.7 cm³/mol. The fraction of sp³-hybridized carbons (Fsp3) is 0.111. The van der Waals surface area contributed by atoms with Crippen LogP contribution in [0.15, 0.2) is 29.2 Å². The third-order valence-corrected chi connectivity index (χ3v) is 3.31. The van der Waals surface area contributed by atoms with Crippen LogP contribution >= 0.6 is 0 Å². The van der Waals surface area contributed by atoms with E-state index in [1.807, 2.05) is 0 Å². The standard InChI is InChI=1S/C9H8N2O7S/c12-8(5-9(13)14)10-19(17,18)7-3-1-6(2-4-7)11(15)16/h1-4H,5H2,(H,10,12)(H,13,14). The number of rotatable bonds is 5. The van der Waals surface area contributed by atoms with Crippen molar-refractivity contribution < 1.29 is 28.0 Å². The van der Waals surface area contributed by atoms with Crippen LogP contribution in [0, 0.1) is 10.1 Å². The quantitative estimate of drug-likeness (QED) is 0.436. The van der Waals surface area contributed by atoms with E-state index in [0.717, 1.165) is 24.3 Å². The molecule has 10 heteroatoms. The molecule has 0 heterocycles. The minimum absolute atomic E-state index is 0.309. The van der Waals surface area contributed by atoms with Crippen LogP contribution in [0.25, 0.3) is 0 Å². The zero-order valence-electron chi connectivity index (χ0n) is 9.27. The molecule has 1 rings (SSSR count). The zero-order valence-corrected chi connectivity index (χ0v) is 10.1. The van der Waals surface area contributed by atoms with Gasteiger partial charge in [0.05, 0.1) is 9.82 Å². The SMILES string of the molecule is O=C(O)CC(=O)NS(=O)(=O)c1ccc([N+](=O)[O-])cc1. The number of amides is 1.